The van der Waals surface area contributed by atoms with Crippen molar-refractivity contribution in [3.63, 3.8) is 0 Å². The molecule has 0 bridgehead atoms. The maximum atomic E-state index is 12.8. The van der Waals surface area contributed by atoms with Crippen molar-refractivity contribution >= 4 is 28.2 Å². The van der Waals surface area contributed by atoms with Gasteiger partial charge in [0.15, 0.2) is 5.13 Å². The van der Waals surface area contributed by atoms with Crippen molar-refractivity contribution in [1.82, 2.24) is 9.88 Å². The van der Waals surface area contributed by atoms with Crippen LogP contribution in [0.3, 0.4) is 0 Å². The first-order chi connectivity index (χ1) is 9.97. The molecule has 21 heavy (non-hydrogen) atoms. The fraction of sp³-hybridized carbons (Fsp3) is 0.714. The van der Waals surface area contributed by atoms with Gasteiger partial charge in [0.2, 0.25) is 0 Å². The maximum Gasteiger partial charge on any atom is 0.268 e. The molecule has 2 heterocycles. The van der Waals surface area contributed by atoms with Crippen molar-refractivity contribution < 1.29 is 9.53 Å². The third kappa shape index (κ3) is 3.29. The van der Waals surface area contributed by atoms with Crippen LogP contribution in [0.1, 0.15) is 36.9 Å². The van der Waals surface area contributed by atoms with Crippen molar-refractivity contribution in [3.8, 4) is 0 Å². The van der Waals surface area contributed by atoms with Crippen LogP contribution in [0.15, 0.2) is 0 Å². The number of morpholine rings is 1. The van der Waals surface area contributed by atoms with Crippen molar-refractivity contribution in [3.05, 3.63) is 4.88 Å². The minimum absolute atomic E-state index is 0.0252. The first kappa shape index (κ1) is 16.0. The van der Waals surface area contributed by atoms with E-state index in [1.165, 1.54) is 11.3 Å². The Kier molecular flexibility index (Phi) is 5.05. The highest BCUT2D eigenvalue weighted by Crippen LogP contribution is 2.30. The number of rotatable bonds is 4. The molecule has 2 N–H and O–H groups in total. The number of hydrogen-bond donors (Lipinski definition) is 1. The predicted molar refractivity (Wildman–Crippen MR) is 86.0 cm³/mol. The van der Waals surface area contributed by atoms with Crippen LogP contribution in [-0.4, -0.2) is 54.7 Å². The molecule has 6 nitrogen and oxygen atoms in total. The van der Waals surface area contributed by atoms with Crippen LogP contribution in [0.5, 0.6) is 0 Å². The Hall–Kier alpha value is -1.34. The molecular weight excluding hydrogens is 288 g/mol. The monoisotopic (exact) mass is 312 g/mol. The number of nitrogens with two attached hydrogens (primary N) is 1. The van der Waals surface area contributed by atoms with Crippen LogP contribution in [0.2, 0.25) is 0 Å². The van der Waals surface area contributed by atoms with Gasteiger partial charge in [0.25, 0.3) is 5.91 Å². The fourth-order valence-electron chi connectivity index (χ4n) is 2.33. The number of hydrogen-bond acceptors (Lipinski definition) is 6. The second-order valence-corrected chi connectivity index (χ2v) is 6.37. The van der Waals surface area contributed by atoms with E-state index in [0.717, 1.165) is 18.1 Å². The van der Waals surface area contributed by atoms with Crippen LogP contribution in [0.4, 0.5) is 10.9 Å². The van der Waals surface area contributed by atoms with E-state index in [1.54, 1.807) is 0 Å². The van der Waals surface area contributed by atoms with Gasteiger partial charge in [0, 0.05) is 20.1 Å². The van der Waals surface area contributed by atoms with E-state index in [1.807, 2.05) is 30.7 Å². The molecule has 1 aromatic rings. The van der Waals surface area contributed by atoms with Gasteiger partial charge in [-0.05, 0) is 20.3 Å². The fourth-order valence-corrected chi connectivity index (χ4v) is 3.30. The highest BCUT2D eigenvalue weighted by Gasteiger charge is 2.32. The Morgan fingerprint density at radius 3 is 2.90 bits per heavy atom. The van der Waals surface area contributed by atoms with Gasteiger partial charge >= 0.3 is 0 Å². The molecule has 1 aliphatic rings. The van der Waals surface area contributed by atoms with Crippen molar-refractivity contribution in [2.45, 2.75) is 39.3 Å². The summed E-state index contributed by atoms with van der Waals surface area (Å²) in [5, 5.41) is 0.785. The van der Waals surface area contributed by atoms with Crippen LogP contribution < -0.4 is 10.6 Å². The Bertz CT molecular complexity index is 505. The first-order valence-corrected chi connectivity index (χ1v) is 8.19. The number of carbonyl (C=O) groups excluding carboxylic acids is 1. The van der Waals surface area contributed by atoms with Crippen LogP contribution >= 0.6 is 11.3 Å². The molecule has 1 aromatic heterocycles. The molecule has 2 unspecified atom stereocenters. The summed E-state index contributed by atoms with van der Waals surface area (Å²) < 4.78 is 5.64. The second kappa shape index (κ2) is 6.62. The van der Waals surface area contributed by atoms with Gasteiger partial charge in [-0.2, -0.15) is 0 Å². The van der Waals surface area contributed by atoms with Crippen LogP contribution in [-0.2, 0) is 4.74 Å². The standard InChI is InChI=1S/C14H24N4O2S/c1-5-10-8-20-9(3)7-18(10)13(19)11-12(15)16-14(21-11)17(4)6-2/h9-10H,5-8,15H2,1-4H3. The van der Waals surface area contributed by atoms with Gasteiger partial charge in [-0.3, -0.25) is 4.79 Å². The highest BCUT2D eigenvalue weighted by molar-refractivity contribution is 7.18. The summed E-state index contributed by atoms with van der Waals surface area (Å²) in [6.07, 6.45) is 0.933. The number of anilines is 2. The van der Waals surface area contributed by atoms with E-state index in [9.17, 15) is 4.79 Å². The summed E-state index contributed by atoms with van der Waals surface area (Å²) >= 11 is 1.37. The molecule has 0 aliphatic carbocycles. The normalized spacial score (nSPS) is 22.4. The minimum atomic E-state index is -0.0252. The highest BCUT2D eigenvalue weighted by atomic mass is 32.1. The Morgan fingerprint density at radius 1 is 1.57 bits per heavy atom. The molecule has 0 saturated carbocycles. The zero-order valence-electron chi connectivity index (χ0n) is 13.1. The SMILES string of the molecule is CCC1COC(C)CN1C(=O)c1sc(N(C)CC)nc1N. The average molecular weight is 312 g/mol. The largest absolute Gasteiger partial charge is 0.382 e. The van der Waals surface area contributed by atoms with Gasteiger partial charge in [-0.1, -0.05) is 18.3 Å². The number of nitrogens with zero attached hydrogens (tertiary/aromatic N) is 3. The number of carbonyl (C=O) groups is 1. The van der Waals surface area contributed by atoms with Gasteiger partial charge in [-0.15, -0.1) is 0 Å². The molecule has 1 amide bonds. The van der Waals surface area contributed by atoms with Gasteiger partial charge in [-0.25, -0.2) is 4.98 Å². The molecule has 0 spiro atoms. The number of ether oxygens (including phenoxy) is 1. The Balaban J connectivity index is 2.24. The zero-order chi connectivity index (χ0) is 15.6. The molecule has 2 atom stereocenters. The first-order valence-electron chi connectivity index (χ1n) is 7.37. The molecule has 0 aromatic carbocycles. The average Bonchev–Trinajstić information content (AvgIpc) is 2.87. The molecule has 7 heteroatoms. The summed E-state index contributed by atoms with van der Waals surface area (Å²) in [5.41, 5.74) is 5.96. The quantitative estimate of drug-likeness (QED) is 0.918. The van der Waals surface area contributed by atoms with Gasteiger partial charge < -0.3 is 20.3 Å². The predicted octanol–water partition coefficient (Wildman–Crippen LogP) is 1.82. The molecule has 1 fully saturated rings. The van der Waals surface area contributed by atoms with E-state index in [2.05, 4.69) is 11.9 Å². The summed E-state index contributed by atoms with van der Waals surface area (Å²) in [4.78, 5) is 21.5. The summed E-state index contributed by atoms with van der Waals surface area (Å²) in [7, 11) is 1.94. The summed E-state index contributed by atoms with van der Waals surface area (Å²) in [6.45, 7) is 8.11. The van der Waals surface area contributed by atoms with Crippen LogP contribution in [0.25, 0.3) is 0 Å². The van der Waals surface area contributed by atoms with Crippen LogP contribution in [0, 0.1) is 0 Å². The van der Waals surface area contributed by atoms with Crippen molar-refractivity contribution in [2.24, 2.45) is 0 Å². The number of amides is 1. The Morgan fingerprint density at radius 2 is 2.29 bits per heavy atom. The zero-order valence-corrected chi connectivity index (χ0v) is 13.9. The lowest BCUT2D eigenvalue weighted by atomic mass is 10.1. The van der Waals surface area contributed by atoms with Crippen molar-refractivity contribution in [2.75, 3.05) is 37.4 Å². The topological polar surface area (TPSA) is 71.7 Å². The van der Waals surface area contributed by atoms with Gasteiger partial charge in [0.1, 0.15) is 10.7 Å². The van der Waals surface area contributed by atoms with Crippen molar-refractivity contribution in [1.29, 1.82) is 0 Å². The van der Waals surface area contributed by atoms with E-state index in [-0.39, 0.29) is 18.1 Å². The van der Waals surface area contributed by atoms with Gasteiger partial charge in [0.05, 0.1) is 18.8 Å². The lowest BCUT2D eigenvalue weighted by molar-refractivity contribution is -0.0442. The van der Waals surface area contributed by atoms with E-state index in [0.29, 0.717) is 23.8 Å². The van der Waals surface area contributed by atoms with E-state index < -0.39 is 0 Å². The smallest absolute Gasteiger partial charge is 0.268 e. The lowest BCUT2D eigenvalue weighted by Gasteiger charge is -2.38. The summed E-state index contributed by atoms with van der Waals surface area (Å²) in [6, 6.07) is 0.113. The third-order valence-electron chi connectivity index (χ3n) is 3.84. The lowest BCUT2D eigenvalue weighted by Crippen LogP contribution is -2.51. The molecule has 0 radical (unpaired) electrons. The van der Waals surface area contributed by atoms with E-state index in [4.69, 9.17) is 10.5 Å². The summed E-state index contributed by atoms with van der Waals surface area (Å²) in [5.74, 6) is 0.303. The maximum absolute atomic E-state index is 12.8. The van der Waals surface area contributed by atoms with E-state index >= 15 is 0 Å². The number of thiazole rings is 1. The minimum Gasteiger partial charge on any atom is -0.382 e. The second-order valence-electron chi connectivity index (χ2n) is 5.39. The molecule has 1 aliphatic heterocycles. The molecule has 1 saturated heterocycles. The Labute approximate surface area is 129 Å². The number of nitrogen functional groups attached to an aromatic ring is 1. The number of aromatic nitrogens is 1. The molecule has 118 valence electrons. The third-order valence-corrected chi connectivity index (χ3v) is 5.01. The molecule has 2 rings (SSSR count). The molecular formula is C14H24N4O2S.